The maximum atomic E-state index is 13.3. The van der Waals surface area contributed by atoms with Gasteiger partial charge in [-0.25, -0.2) is 4.39 Å². The lowest BCUT2D eigenvalue weighted by Gasteiger charge is -2.20. The maximum Gasteiger partial charge on any atom is 0.239 e. The molecule has 1 saturated heterocycles. The topological polar surface area (TPSA) is 71.3 Å². The van der Waals surface area contributed by atoms with Crippen LogP contribution in [0.3, 0.4) is 0 Å². The quantitative estimate of drug-likeness (QED) is 0.704. The average Bonchev–Trinajstić information content (AvgIpc) is 3.26. The first-order valence-corrected chi connectivity index (χ1v) is 9.70. The minimum absolute atomic E-state index is 0.0345. The van der Waals surface area contributed by atoms with E-state index in [-0.39, 0.29) is 29.4 Å². The Morgan fingerprint density at radius 3 is 2.59 bits per heavy atom. The number of hydrogen-bond acceptors (Lipinski definition) is 6. The Balaban J connectivity index is 1.87. The summed E-state index contributed by atoms with van der Waals surface area (Å²) in [5, 5.41) is 9.06. The van der Waals surface area contributed by atoms with Gasteiger partial charge in [-0.15, -0.1) is 10.2 Å². The van der Waals surface area contributed by atoms with Crippen molar-refractivity contribution < 1.29 is 14.0 Å². The van der Waals surface area contributed by atoms with Gasteiger partial charge in [-0.05, 0) is 51.7 Å². The summed E-state index contributed by atoms with van der Waals surface area (Å²) in [7, 11) is 3.87. The molecule has 9 heteroatoms. The standard InChI is InChI=1S/C18H22FN5O2S/c1-12(22(2)3)17-20-21-18(24(17)14-8-6-13(19)7-9-14)27-11-16(26)23-10-4-5-15(23)25/h6-9,12H,4-5,10-11H2,1-3H3/t12-/m0/s1. The second-order valence-corrected chi connectivity index (χ2v) is 7.57. The molecule has 0 radical (unpaired) electrons. The number of aromatic nitrogens is 3. The van der Waals surface area contributed by atoms with E-state index in [1.54, 1.807) is 12.1 Å². The Morgan fingerprint density at radius 1 is 1.30 bits per heavy atom. The molecule has 0 saturated carbocycles. The Labute approximate surface area is 161 Å². The summed E-state index contributed by atoms with van der Waals surface area (Å²) in [6, 6.07) is 6.03. The lowest BCUT2D eigenvalue weighted by molar-refractivity contribution is -0.140. The minimum atomic E-state index is -0.328. The van der Waals surface area contributed by atoms with Gasteiger partial charge in [0.05, 0.1) is 11.8 Å². The highest BCUT2D eigenvalue weighted by atomic mass is 32.2. The zero-order valence-electron chi connectivity index (χ0n) is 15.6. The smallest absolute Gasteiger partial charge is 0.239 e. The number of thioether (sulfide) groups is 1. The molecular weight excluding hydrogens is 369 g/mol. The number of likely N-dealkylation sites (tertiary alicyclic amines) is 1. The Hall–Kier alpha value is -2.26. The number of carbonyl (C=O) groups is 2. The summed E-state index contributed by atoms with van der Waals surface area (Å²) in [6.07, 6.45) is 1.14. The number of hydrogen-bond donors (Lipinski definition) is 0. The summed E-state index contributed by atoms with van der Waals surface area (Å²) in [6.45, 7) is 2.47. The average molecular weight is 391 g/mol. The third-order valence-corrected chi connectivity index (χ3v) is 5.50. The van der Waals surface area contributed by atoms with Crippen LogP contribution in [0.5, 0.6) is 0 Å². The molecule has 7 nitrogen and oxygen atoms in total. The summed E-state index contributed by atoms with van der Waals surface area (Å²) in [5.41, 5.74) is 0.720. The number of halogens is 1. The van der Waals surface area contributed by atoms with Crippen LogP contribution >= 0.6 is 11.8 Å². The Bertz CT molecular complexity index is 837. The van der Waals surface area contributed by atoms with Crippen molar-refractivity contribution in [2.24, 2.45) is 0 Å². The second-order valence-electron chi connectivity index (χ2n) is 6.62. The maximum absolute atomic E-state index is 13.3. The van der Waals surface area contributed by atoms with Crippen molar-refractivity contribution in [2.45, 2.75) is 31.0 Å². The van der Waals surface area contributed by atoms with E-state index in [2.05, 4.69) is 10.2 Å². The van der Waals surface area contributed by atoms with Gasteiger partial charge in [0.2, 0.25) is 11.8 Å². The molecule has 2 amide bonds. The van der Waals surface area contributed by atoms with Crippen molar-refractivity contribution in [1.82, 2.24) is 24.6 Å². The molecular formula is C18H22FN5O2S. The number of amides is 2. The van der Waals surface area contributed by atoms with E-state index >= 15 is 0 Å². The normalized spacial score (nSPS) is 15.6. The van der Waals surface area contributed by atoms with Crippen LogP contribution in [0.15, 0.2) is 29.4 Å². The Kier molecular flexibility index (Phi) is 5.91. The van der Waals surface area contributed by atoms with E-state index in [0.29, 0.717) is 30.4 Å². The van der Waals surface area contributed by atoms with Gasteiger partial charge in [0, 0.05) is 18.7 Å². The SMILES string of the molecule is C[C@@H](c1nnc(SCC(=O)N2CCCC2=O)n1-c1ccc(F)cc1)N(C)C. The molecule has 1 aliphatic heterocycles. The highest BCUT2D eigenvalue weighted by molar-refractivity contribution is 7.99. The van der Waals surface area contributed by atoms with E-state index in [9.17, 15) is 14.0 Å². The predicted octanol–water partition coefficient (Wildman–Crippen LogP) is 2.27. The van der Waals surface area contributed by atoms with Crippen LogP contribution in [0.25, 0.3) is 5.69 Å². The third kappa shape index (κ3) is 4.19. The molecule has 1 fully saturated rings. The number of nitrogens with zero attached hydrogens (tertiary/aromatic N) is 5. The minimum Gasteiger partial charge on any atom is -0.300 e. The molecule has 0 bridgehead atoms. The molecule has 144 valence electrons. The van der Waals surface area contributed by atoms with Crippen molar-refractivity contribution >= 4 is 23.6 Å². The van der Waals surface area contributed by atoms with E-state index < -0.39 is 0 Å². The first-order chi connectivity index (χ1) is 12.9. The van der Waals surface area contributed by atoms with Crippen LogP contribution in [-0.2, 0) is 9.59 Å². The lowest BCUT2D eigenvalue weighted by Crippen LogP contribution is -2.33. The van der Waals surface area contributed by atoms with Gasteiger partial charge >= 0.3 is 0 Å². The first kappa shape index (κ1) is 19.5. The summed E-state index contributed by atoms with van der Waals surface area (Å²) in [4.78, 5) is 27.4. The zero-order chi connectivity index (χ0) is 19.6. The molecule has 0 aliphatic carbocycles. The monoisotopic (exact) mass is 391 g/mol. The summed E-state index contributed by atoms with van der Waals surface area (Å²) in [5.74, 6) is 0.118. The molecule has 3 rings (SSSR count). The fourth-order valence-corrected chi connectivity index (χ4v) is 3.66. The van der Waals surface area contributed by atoms with Crippen LogP contribution in [0, 0.1) is 5.82 Å². The van der Waals surface area contributed by atoms with E-state index in [1.165, 1.54) is 28.8 Å². The number of benzene rings is 1. The molecule has 0 unspecified atom stereocenters. The predicted molar refractivity (Wildman–Crippen MR) is 100 cm³/mol. The van der Waals surface area contributed by atoms with E-state index in [0.717, 1.165) is 5.69 Å². The number of rotatable bonds is 6. The van der Waals surface area contributed by atoms with Crippen molar-refractivity contribution in [3.63, 3.8) is 0 Å². The number of imide groups is 1. The van der Waals surface area contributed by atoms with Crippen LogP contribution < -0.4 is 0 Å². The largest absolute Gasteiger partial charge is 0.300 e. The molecule has 1 aromatic carbocycles. The molecule has 0 spiro atoms. The summed E-state index contributed by atoms with van der Waals surface area (Å²) >= 11 is 1.23. The van der Waals surface area contributed by atoms with Crippen molar-refractivity contribution in [3.05, 3.63) is 35.9 Å². The molecule has 1 aromatic heterocycles. The van der Waals surface area contributed by atoms with Gasteiger partial charge < -0.3 is 0 Å². The van der Waals surface area contributed by atoms with Crippen molar-refractivity contribution in [3.8, 4) is 5.69 Å². The highest BCUT2D eigenvalue weighted by Gasteiger charge is 2.27. The van der Waals surface area contributed by atoms with Crippen LogP contribution in [0.2, 0.25) is 0 Å². The van der Waals surface area contributed by atoms with Gasteiger partial charge in [-0.2, -0.15) is 0 Å². The molecule has 1 atom stereocenters. The lowest BCUT2D eigenvalue weighted by atomic mass is 10.2. The van der Waals surface area contributed by atoms with Crippen LogP contribution in [0.1, 0.15) is 31.6 Å². The fourth-order valence-electron chi connectivity index (χ4n) is 2.83. The van der Waals surface area contributed by atoms with Crippen LogP contribution in [0.4, 0.5) is 4.39 Å². The summed E-state index contributed by atoms with van der Waals surface area (Å²) < 4.78 is 15.2. The van der Waals surface area contributed by atoms with Crippen molar-refractivity contribution in [2.75, 3.05) is 26.4 Å². The molecule has 2 aromatic rings. The van der Waals surface area contributed by atoms with Crippen LogP contribution in [-0.4, -0.2) is 62.8 Å². The van der Waals surface area contributed by atoms with Gasteiger partial charge in [-0.3, -0.25) is 24.0 Å². The molecule has 1 aliphatic rings. The van der Waals surface area contributed by atoms with Gasteiger partial charge in [0.25, 0.3) is 0 Å². The first-order valence-electron chi connectivity index (χ1n) is 8.72. The zero-order valence-corrected chi connectivity index (χ0v) is 16.4. The van der Waals surface area contributed by atoms with Gasteiger partial charge in [0.15, 0.2) is 11.0 Å². The van der Waals surface area contributed by atoms with Crippen molar-refractivity contribution in [1.29, 1.82) is 0 Å². The third-order valence-electron chi connectivity index (χ3n) is 4.59. The second kappa shape index (κ2) is 8.18. The van der Waals surface area contributed by atoms with Gasteiger partial charge in [-0.1, -0.05) is 11.8 Å². The van der Waals surface area contributed by atoms with E-state index in [4.69, 9.17) is 0 Å². The Morgan fingerprint density at radius 2 is 2.00 bits per heavy atom. The van der Waals surface area contributed by atoms with Gasteiger partial charge in [0.1, 0.15) is 5.82 Å². The molecule has 0 N–H and O–H groups in total. The fraction of sp³-hybridized carbons (Fsp3) is 0.444. The van der Waals surface area contributed by atoms with E-state index in [1.807, 2.05) is 30.5 Å². The highest BCUT2D eigenvalue weighted by Crippen LogP contribution is 2.27. The molecule has 2 heterocycles. The number of carbonyl (C=O) groups excluding carboxylic acids is 2. The molecule has 27 heavy (non-hydrogen) atoms.